The van der Waals surface area contributed by atoms with E-state index in [1.807, 2.05) is 38.1 Å². The number of alkyl halides is 1. The first-order valence-corrected chi connectivity index (χ1v) is 5.83. The molecule has 16 heavy (non-hydrogen) atoms. The minimum atomic E-state index is -0.433. The van der Waals surface area contributed by atoms with Gasteiger partial charge in [-0.2, -0.15) is 0 Å². The molecule has 88 valence electrons. The lowest BCUT2D eigenvalue weighted by atomic mass is 10.1. The van der Waals surface area contributed by atoms with Crippen LogP contribution in [0.4, 0.5) is 0 Å². The maximum absolute atomic E-state index is 11.0. The van der Waals surface area contributed by atoms with Gasteiger partial charge in [-0.25, -0.2) is 0 Å². The first kappa shape index (κ1) is 13.0. The van der Waals surface area contributed by atoms with Crippen LogP contribution in [0.2, 0.25) is 0 Å². The Morgan fingerprint density at radius 1 is 1.31 bits per heavy atom. The first-order chi connectivity index (χ1) is 7.49. The van der Waals surface area contributed by atoms with E-state index in [4.69, 9.17) is 16.3 Å². The van der Waals surface area contributed by atoms with Crippen molar-refractivity contribution in [1.29, 1.82) is 0 Å². The largest absolute Gasteiger partial charge is 0.491 e. The minimum absolute atomic E-state index is 0.00386. The summed E-state index contributed by atoms with van der Waals surface area (Å²) in [5.41, 5.74) is 1.05. The van der Waals surface area contributed by atoms with Crippen molar-refractivity contribution < 1.29 is 9.53 Å². The van der Waals surface area contributed by atoms with Crippen LogP contribution in [0.3, 0.4) is 0 Å². The second-order valence-corrected chi connectivity index (χ2v) is 4.62. The van der Waals surface area contributed by atoms with E-state index < -0.39 is 5.38 Å². The molecule has 0 aromatic heterocycles. The Hall–Kier alpha value is -1.02. The Morgan fingerprint density at radius 3 is 2.31 bits per heavy atom. The molecule has 1 atom stereocenters. The molecule has 0 heterocycles. The SMILES string of the molecule is CC(=O)C(Cl)Cc1ccc(OC(C)C)cc1. The van der Waals surface area contributed by atoms with Gasteiger partial charge in [0.25, 0.3) is 0 Å². The van der Waals surface area contributed by atoms with Gasteiger partial charge in [-0.3, -0.25) is 4.79 Å². The van der Waals surface area contributed by atoms with Crippen LogP contribution in [0.1, 0.15) is 26.3 Å². The van der Waals surface area contributed by atoms with Crippen LogP contribution in [0.15, 0.2) is 24.3 Å². The van der Waals surface area contributed by atoms with Crippen LogP contribution in [-0.2, 0) is 11.2 Å². The third-order valence-corrected chi connectivity index (χ3v) is 2.61. The molecule has 1 unspecified atom stereocenters. The fourth-order valence-corrected chi connectivity index (χ4v) is 1.51. The summed E-state index contributed by atoms with van der Waals surface area (Å²) in [5, 5.41) is -0.433. The molecule has 0 aliphatic rings. The number of carbonyl (C=O) groups is 1. The molecule has 0 spiro atoms. The Bertz CT molecular complexity index is 343. The number of halogens is 1. The fourth-order valence-electron chi connectivity index (χ4n) is 1.33. The van der Waals surface area contributed by atoms with E-state index in [1.165, 1.54) is 6.92 Å². The topological polar surface area (TPSA) is 26.3 Å². The van der Waals surface area contributed by atoms with Gasteiger partial charge in [0, 0.05) is 0 Å². The zero-order chi connectivity index (χ0) is 12.1. The fraction of sp³-hybridized carbons (Fsp3) is 0.462. The molecule has 0 bridgehead atoms. The number of ether oxygens (including phenoxy) is 1. The maximum Gasteiger partial charge on any atom is 0.147 e. The lowest BCUT2D eigenvalue weighted by Gasteiger charge is -2.10. The standard InChI is InChI=1S/C13H17ClO2/c1-9(2)16-12-6-4-11(5-7-12)8-13(14)10(3)15/h4-7,9,13H,8H2,1-3H3. The number of hydrogen-bond acceptors (Lipinski definition) is 2. The van der Waals surface area contributed by atoms with E-state index in [1.54, 1.807) is 0 Å². The second-order valence-electron chi connectivity index (χ2n) is 4.09. The van der Waals surface area contributed by atoms with Crippen LogP contribution in [0.25, 0.3) is 0 Å². The van der Waals surface area contributed by atoms with E-state index in [9.17, 15) is 4.79 Å². The summed E-state index contributed by atoms with van der Waals surface area (Å²) in [6.07, 6.45) is 0.739. The van der Waals surface area contributed by atoms with Crippen molar-refractivity contribution in [2.45, 2.75) is 38.7 Å². The van der Waals surface area contributed by atoms with Gasteiger partial charge in [-0.05, 0) is 44.9 Å². The number of ketones is 1. The van der Waals surface area contributed by atoms with Gasteiger partial charge in [0.05, 0.1) is 11.5 Å². The predicted octanol–water partition coefficient (Wildman–Crippen LogP) is 3.21. The van der Waals surface area contributed by atoms with Crippen molar-refractivity contribution in [1.82, 2.24) is 0 Å². The molecule has 0 saturated carbocycles. The van der Waals surface area contributed by atoms with Crippen LogP contribution < -0.4 is 4.74 Å². The molecule has 0 amide bonds. The van der Waals surface area contributed by atoms with Crippen LogP contribution in [0.5, 0.6) is 5.75 Å². The molecule has 1 aromatic rings. The number of carbonyl (C=O) groups excluding carboxylic acids is 1. The zero-order valence-corrected chi connectivity index (χ0v) is 10.6. The number of Topliss-reactive ketones (excluding diaryl/α,β-unsaturated/α-hetero) is 1. The van der Waals surface area contributed by atoms with Crippen molar-refractivity contribution >= 4 is 17.4 Å². The molecule has 2 nitrogen and oxygen atoms in total. The van der Waals surface area contributed by atoms with E-state index in [0.29, 0.717) is 6.42 Å². The molecule has 1 aromatic carbocycles. The van der Waals surface area contributed by atoms with Gasteiger partial charge in [-0.1, -0.05) is 12.1 Å². The Balaban J connectivity index is 2.61. The molecule has 0 saturated heterocycles. The van der Waals surface area contributed by atoms with Crippen molar-refractivity contribution in [3.05, 3.63) is 29.8 Å². The second kappa shape index (κ2) is 5.90. The van der Waals surface area contributed by atoms with Gasteiger partial charge in [-0.15, -0.1) is 11.6 Å². The summed E-state index contributed by atoms with van der Waals surface area (Å²) in [6.45, 7) is 5.48. The summed E-state index contributed by atoms with van der Waals surface area (Å²) in [6, 6.07) is 7.68. The number of rotatable bonds is 5. The van der Waals surface area contributed by atoms with Crippen LogP contribution >= 0.6 is 11.6 Å². The third kappa shape index (κ3) is 4.23. The summed E-state index contributed by atoms with van der Waals surface area (Å²) >= 11 is 5.89. The molecule has 1 rings (SSSR count). The molecular formula is C13H17ClO2. The monoisotopic (exact) mass is 240 g/mol. The molecule has 0 aliphatic heterocycles. The van der Waals surface area contributed by atoms with Crippen LogP contribution in [-0.4, -0.2) is 17.3 Å². The Kier molecular flexibility index (Phi) is 4.81. The van der Waals surface area contributed by atoms with Crippen LogP contribution in [0, 0.1) is 0 Å². The molecule has 0 radical (unpaired) electrons. The smallest absolute Gasteiger partial charge is 0.147 e. The average molecular weight is 241 g/mol. The highest BCUT2D eigenvalue weighted by atomic mass is 35.5. The summed E-state index contributed by atoms with van der Waals surface area (Å²) in [5.74, 6) is 0.844. The lowest BCUT2D eigenvalue weighted by molar-refractivity contribution is -0.116. The molecule has 0 aliphatic carbocycles. The maximum atomic E-state index is 11.0. The van der Waals surface area contributed by atoms with Crippen molar-refractivity contribution in [3.63, 3.8) is 0 Å². The number of benzene rings is 1. The van der Waals surface area contributed by atoms with Crippen molar-refractivity contribution in [2.24, 2.45) is 0 Å². The van der Waals surface area contributed by atoms with E-state index in [-0.39, 0.29) is 11.9 Å². The zero-order valence-electron chi connectivity index (χ0n) is 9.87. The molecule has 0 fully saturated rings. The summed E-state index contributed by atoms with van der Waals surface area (Å²) in [4.78, 5) is 11.0. The highest BCUT2D eigenvalue weighted by molar-refractivity contribution is 6.30. The van der Waals surface area contributed by atoms with Gasteiger partial charge in [0.15, 0.2) is 0 Å². The molecule has 3 heteroatoms. The quantitative estimate of drug-likeness (QED) is 0.739. The summed E-state index contributed by atoms with van der Waals surface area (Å²) in [7, 11) is 0. The Labute approximate surface area is 102 Å². The third-order valence-electron chi connectivity index (χ3n) is 2.15. The lowest BCUT2D eigenvalue weighted by Crippen LogP contribution is -2.13. The normalized spacial score (nSPS) is 12.6. The highest BCUT2D eigenvalue weighted by Gasteiger charge is 2.10. The van der Waals surface area contributed by atoms with Gasteiger partial charge in [0.1, 0.15) is 11.5 Å². The highest BCUT2D eigenvalue weighted by Crippen LogP contribution is 2.16. The van der Waals surface area contributed by atoms with Crippen molar-refractivity contribution in [3.8, 4) is 5.75 Å². The van der Waals surface area contributed by atoms with E-state index in [2.05, 4.69) is 0 Å². The summed E-state index contributed by atoms with van der Waals surface area (Å²) < 4.78 is 5.52. The Morgan fingerprint density at radius 2 is 1.88 bits per heavy atom. The van der Waals surface area contributed by atoms with Crippen molar-refractivity contribution in [2.75, 3.05) is 0 Å². The van der Waals surface area contributed by atoms with E-state index >= 15 is 0 Å². The first-order valence-electron chi connectivity index (χ1n) is 5.39. The average Bonchev–Trinajstić information content (AvgIpc) is 2.20. The van der Waals surface area contributed by atoms with E-state index in [0.717, 1.165) is 11.3 Å². The van der Waals surface area contributed by atoms with Gasteiger partial charge in [0.2, 0.25) is 0 Å². The molecule has 0 N–H and O–H groups in total. The predicted molar refractivity (Wildman–Crippen MR) is 66.2 cm³/mol. The minimum Gasteiger partial charge on any atom is -0.491 e. The number of hydrogen-bond donors (Lipinski definition) is 0. The van der Waals surface area contributed by atoms with Gasteiger partial charge < -0.3 is 4.74 Å². The molecular weight excluding hydrogens is 224 g/mol. The van der Waals surface area contributed by atoms with Gasteiger partial charge >= 0.3 is 0 Å².